The van der Waals surface area contributed by atoms with Gasteiger partial charge in [0.2, 0.25) is 11.8 Å². The van der Waals surface area contributed by atoms with E-state index in [-0.39, 0.29) is 12.3 Å². The van der Waals surface area contributed by atoms with Crippen molar-refractivity contribution in [3.8, 4) is 0 Å². The van der Waals surface area contributed by atoms with Crippen molar-refractivity contribution < 1.29 is 9.59 Å². The molecule has 2 aromatic carbocycles. The molecule has 0 aliphatic carbocycles. The molecule has 0 atom stereocenters. The molecule has 114 valence electrons. The highest BCUT2D eigenvalue weighted by Crippen LogP contribution is 2.21. The Labute approximate surface area is 142 Å². The Morgan fingerprint density at radius 1 is 1.09 bits per heavy atom. The maximum atomic E-state index is 11.9. The van der Waals surface area contributed by atoms with Crippen LogP contribution in [0.15, 0.2) is 46.9 Å². The van der Waals surface area contributed by atoms with Crippen LogP contribution in [0.3, 0.4) is 0 Å². The van der Waals surface area contributed by atoms with Crippen LogP contribution in [0.25, 0.3) is 0 Å². The van der Waals surface area contributed by atoms with Crippen LogP contribution in [0.4, 0.5) is 11.4 Å². The number of carbonyl (C=O) groups excluding carboxylic acids is 2. The van der Waals surface area contributed by atoms with E-state index in [0.29, 0.717) is 16.4 Å². The Hall–Kier alpha value is -1.85. The molecule has 2 N–H and O–H groups in total. The summed E-state index contributed by atoms with van der Waals surface area (Å²) in [6.07, 6.45) is -0.277. The molecule has 0 spiro atoms. The first-order chi connectivity index (χ1) is 10.5. The topological polar surface area (TPSA) is 58.2 Å². The maximum absolute atomic E-state index is 11.9. The van der Waals surface area contributed by atoms with Crippen molar-refractivity contribution in [3.63, 3.8) is 0 Å². The van der Waals surface area contributed by atoms with E-state index >= 15 is 0 Å². The summed E-state index contributed by atoms with van der Waals surface area (Å²) in [7, 11) is 0. The molecule has 4 nitrogen and oxygen atoms in total. The van der Waals surface area contributed by atoms with Crippen molar-refractivity contribution in [1.82, 2.24) is 0 Å². The van der Waals surface area contributed by atoms with Crippen molar-refractivity contribution >= 4 is 50.7 Å². The van der Waals surface area contributed by atoms with Crippen LogP contribution in [0, 0.1) is 6.92 Å². The molecule has 6 heteroatoms. The molecule has 0 heterocycles. The zero-order valence-corrected chi connectivity index (χ0v) is 14.2. The van der Waals surface area contributed by atoms with Gasteiger partial charge in [-0.25, -0.2) is 0 Å². The van der Waals surface area contributed by atoms with Crippen LogP contribution in [-0.4, -0.2) is 11.8 Å². The molecule has 2 rings (SSSR count). The van der Waals surface area contributed by atoms with E-state index in [0.717, 1.165) is 10.0 Å². The van der Waals surface area contributed by atoms with Gasteiger partial charge in [0.1, 0.15) is 6.42 Å². The Morgan fingerprint density at radius 3 is 2.45 bits per heavy atom. The van der Waals surface area contributed by atoms with Crippen LogP contribution in [0.1, 0.15) is 12.0 Å². The minimum atomic E-state index is -0.417. The van der Waals surface area contributed by atoms with Gasteiger partial charge in [-0.1, -0.05) is 39.7 Å². The van der Waals surface area contributed by atoms with E-state index in [1.54, 1.807) is 30.3 Å². The molecule has 0 unspecified atom stereocenters. The monoisotopic (exact) mass is 380 g/mol. The standard InChI is InChI=1S/C16H14BrClN2O2/c1-10-8-11(6-7-12(10)17)19-15(21)9-16(22)20-14-5-3-2-4-13(14)18/h2-8H,9H2,1H3,(H,19,21)(H,20,22). The number of nitrogens with one attached hydrogen (secondary N) is 2. The quantitative estimate of drug-likeness (QED) is 0.772. The maximum Gasteiger partial charge on any atom is 0.233 e. The molecule has 0 saturated carbocycles. The Balaban J connectivity index is 1.92. The number of halogens is 2. The number of carbonyl (C=O) groups is 2. The molecular formula is C16H14BrClN2O2. The van der Waals surface area contributed by atoms with E-state index < -0.39 is 5.91 Å². The lowest BCUT2D eigenvalue weighted by Gasteiger charge is -2.08. The summed E-state index contributed by atoms with van der Waals surface area (Å²) in [5.74, 6) is -0.800. The van der Waals surface area contributed by atoms with Crippen LogP contribution in [0.2, 0.25) is 5.02 Å². The van der Waals surface area contributed by atoms with Crippen LogP contribution < -0.4 is 10.6 Å². The van der Waals surface area contributed by atoms with Gasteiger partial charge in [0.25, 0.3) is 0 Å². The van der Waals surface area contributed by atoms with Gasteiger partial charge in [-0.05, 0) is 42.8 Å². The van der Waals surface area contributed by atoms with Crippen LogP contribution in [-0.2, 0) is 9.59 Å². The first-order valence-corrected chi connectivity index (χ1v) is 7.73. The first-order valence-electron chi connectivity index (χ1n) is 6.56. The van der Waals surface area contributed by atoms with Gasteiger partial charge in [-0.3, -0.25) is 9.59 Å². The third-order valence-electron chi connectivity index (χ3n) is 2.91. The zero-order valence-electron chi connectivity index (χ0n) is 11.8. The predicted octanol–water partition coefficient (Wildman–Crippen LogP) is 4.38. The summed E-state index contributed by atoms with van der Waals surface area (Å²) >= 11 is 9.34. The van der Waals surface area contributed by atoms with E-state index in [2.05, 4.69) is 26.6 Å². The van der Waals surface area contributed by atoms with Crippen molar-refractivity contribution in [1.29, 1.82) is 0 Å². The van der Waals surface area contributed by atoms with Crippen molar-refractivity contribution in [2.75, 3.05) is 10.6 Å². The molecular weight excluding hydrogens is 368 g/mol. The first kappa shape index (κ1) is 16.5. The lowest BCUT2D eigenvalue weighted by Crippen LogP contribution is -2.21. The van der Waals surface area contributed by atoms with E-state index in [1.165, 1.54) is 0 Å². The Bertz CT molecular complexity index is 719. The molecule has 0 aliphatic rings. The normalized spacial score (nSPS) is 10.1. The summed E-state index contributed by atoms with van der Waals surface area (Å²) in [6, 6.07) is 12.3. The van der Waals surface area contributed by atoms with Crippen molar-refractivity contribution in [2.45, 2.75) is 13.3 Å². The molecule has 0 fully saturated rings. The van der Waals surface area contributed by atoms with Gasteiger partial charge in [0.15, 0.2) is 0 Å². The third-order valence-corrected chi connectivity index (χ3v) is 4.13. The smallest absolute Gasteiger partial charge is 0.233 e. The number of aryl methyl sites for hydroxylation is 1. The van der Waals surface area contributed by atoms with E-state index in [1.807, 2.05) is 19.1 Å². The molecule has 2 aromatic rings. The summed E-state index contributed by atoms with van der Waals surface area (Å²) in [4.78, 5) is 23.7. The Kier molecular flexibility index (Phi) is 5.57. The Morgan fingerprint density at radius 2 is 1.77 bits per heavy atom. The number of para-hydroxylation sites is 1. The highest BCUT2D eigenvalue weighted by molar-refractivity contribution is 9.10. The number of hydrogen-bond donors (Lipinski definition) is 2. The zero-order chi connectivity index (χ0) is 16.1. The van der Waals surface area contributed by atoms with Crippen LogP contribution >= 0.6 is 27.5 Å². The van der Waals surface area contributed by atoms with Gasteiger partial charge in [0, 0.05) is 10.2 Å². The fraction of sp³-hybridized carbons (Fsp3) is 0.125. The molecule has 0 aromatic heterocycles. The van der Waals surface area contributed by atoms with E-state index in [9.17, 15) is 9.59 Å². The van der Waals surface area contributed by atoms with Gasteiger partial charge in [-0.2, -0.15) is 0 Å². The number of amides is 2. The summed E-state index contributed by atoms with van der Waals surface area (Å²) in [6.45, 7) is 1.92. The fourth-order valence-corrected chi connectivity index (χ4v) is 2.26. The molecule has 22 heavy (non-hydrogen) atoms. The minimum Gasteiger partial charge on any atom is -0.326 e. The lowest BCUT2D eigenvalue weighted by atomic mass is 10.2. The molecule has 0 bridgehead atoms. The lowest BCUT2D eigenvalue weighted by molar-refractivity contribution is -0.123. The highest BCUT2D eigenvalue weighted by Gasteiger charge is 2.11. The molecule has 0 aliphatic heterocycles. The number of benzene rings is 2. The largest absolute Gasteiger partial charge is 0.326 e. The number of rotatable bonds is 4. The highest BCUT2D eigenvalue weighted by atomic mass is 79.9. The summed E-state index contributed by atoms with van der Waals surface area (Å²) < 4.78 is 0.960. The molecule has 2 amide bonds. The van der Waals surface area contributed by atoms with Gasteiger partial charge in [0.05, 0.1) is 10.7 Å². The van der Waals surface area contributed by atoms with Gasteiger partial charge in [-0.15, -0.1) is 0 Å². The second kappa shape index (κ2) is 7.42. The van der Waals surface area contributed by atoms with Crippen molar-refractivity contribution in [2.24, 2.45) is 0 Å². The minimum absolute atomic E-state index is 0.277. The number of hydrogen-bond acceptors (Lipinski definition) is 2. The van der Waals surface area contributed by atoms with Crippen LogP contribution in [0.5, 0.6) is 0 Å². The molecule has 0 radical (unpaired) electrons. The SMILES string of the molecule is Cc1cc(NC(=O)CC(=O)Nc2ccccc2Cl)ccc1Br. The number of anilines is 2. The van der Waals surface area contributed by atoms with Crippen molar-refractivity contribution in [3.05, 3.63) is 57.5 Å². The fourth-order valence-electron chi connectivity index (χ4n) is 1.83. The van der Waals surface area contributed by atoms with E-state index in [4.69, 9.17) is 11.6 Å². The van der Waals surface area contributed by atoms with Gasteiger partial charge < -0.3 is 10.6 Å². The van der Waals surface area contributed by atoms with Gasteiger partial charge >= 0.3 is 0 Å². The summed E-state index contributed by atoms with van der Waals surface area (Å²) in [5, 5.41) is 5.73. The second-order valence-corrected chi connectivity index (χ2v) is 5.98. The third kappa shape index (κ3) is 4.58. The molecule has 0 saturated heterocycles. The predicted molar refractivity (Wildman–Crippen MR) is 92.2 cm³/mol. The average Bonchev–Trinajstić information content (AvgIpc) is 2.45. The second-order valence-electron chi connectivity index (χ2n) is 4.72. The summed E-state index contributed by atoms with van der Waals surface area (Å²) in [5.41, 5.74) is 2.14. The average molecular weight is 382 g/mol.